The minimum Gasteiger partial charge on any atom is -0.288 e. The molecule has 0 atom stereocenters. The normalized spacial score (nSPS) is 11.7. The van der Waals surface area contributed by atoms with Crippen LogP contribution in [0.25, 0.3) is 16.8 Å². The molecule has 3 nitrogen and oxygen atoms in total. The van der Waals surface area contributed by atoms with Gasteiger partial charge in [0.05, 0.1) is 16.8 Å². The van der Waals surface area contributed by atoms with Crippen molar-refractivity contribution in [3.05, 3.63) is 75.1 Å². The zero-order chi connectivity index (χ0) is 17.5. The van der Waals surface area contributed by atoms with Gasteiger partial charge in [-0.25, -0.2) is 4.68 Å². The number of hydrogen-bond donors (Lipinski definition) is 0. The predicted molar refractivity (Wildman–Crippen MR) is 89.1 cm³/mol. The molecule has 0 unspecified atom stereocenters. The molecule has 2 aromatic carbocycles. The number of nitrogens with zero attached hydrogens (tertiary/aromatic N) is 2. The topological polar surface area (TPSA) is 26.9 Å². The van der Waals surface area contributed by atoms with Crippen LogP contribution in [0.2, 0.25) is 0 Å². The highest BCUT2D eigenvalue weighted by Crippen LogP contribution is 2.31. The first-order valence-corrected chi connectivity index (χ1v) is 7.79. The second-order valence-electron chi connectivity index (χ2n) is 5.29. The Balaban J connectivity index is 2.15. The van der Waals surface area contributed by atoms with Crippen LogP contribution in [-0.4, -0.2) is 9.36 Å². The second-order valence-corrected chi connectivity index (χ2v) is 6.21. The van der Waals surface area contributed by atoms with Gasteiger partial charge in [-0.1, -0.05) is 34.1 Å². The molecule has 3 aromatic rings. The van der Waals surface area contributed by atoms with Gasteiger partial charge in [0.15, 0.2) is 0 Å². The van der Waals surface area contributed by atoms with Crippen LogP contribution >= 0.6 is 15.9 Å². The maximum atomic E-state index is 12.9. The fourth-order valence-corrected chi connectivity index (χ4v) is 2.91. The summed E-state index contributed by atoms with van der Waals surface area (Å²) in [5.41, 5.74) is -0.0926. The van der Waals surface area contributed by atoms with Gasteiger partial charge in [-0.15, -0.1) is 0 Å². The fraction of sp³-hybridized carbons (Fsp3) is 0.118. The average molecular weight is 397 g/mol. The zero-order valence-electron chi connectivity index (χ0n) is 12.5. The molecule has 7 heteroatoms. The Hall–Kier alpha value is -2.28. The summed E-state index contributed by atoms with van der Waals surface area (Å²) in [7, 11) is 1.67. The maximum Gasteiger partial charge on any atom is 0.416 e. The minimum absolute atomic E-state index is 0.212. The summed E-state index contributed by atoms with van der Waals surface area (Å²) in [6.07, 6.45) is -2.92. The van der Waals surface area contributed by atoms with Crippen LogP contribution in [0, 0.1) is 0 Å². The first-order valence-electron chi connectivity index (χ1n) is 6.99. The van der Waals surface area contributed by atoms with Crippen molar-refractivity contribution in [2.24, 2.45) is 7.05 Å². The predicted octanol–water partition coefficient (Wildman–Crippen LogP) is 4.62. The summed E-state index contributed by atoms with van der Waals surface area (Å²) in [6.45, 7) is 0. The van der Waals surface area contributed by atoms with E-state index in [1.54, 1.807) is 29.9 Å². The Kier molecular flexibility index (Phi) is 4.13. The summed E-state index contributed by atoms with van der Waals surface area (Å²) in [5.74, 6) is 0. The Bertz CT molecular complexity index is 957. The van der Waals surface area contributed by atoms with Gasteiger partial charge in [0.25, 0.3) is 5.56 Å². The van der Waals surface area contributed by atoms with E-state index in [9.17, 15) is 18.0 Å². The van der Waals surface area contributed by atoms with E-state index in [-0.39, 0.29) is 16.7 Å². The van der Waals surface area contributed by atoms with Crippen LogP contribution in [0.3, 0.4) is 0 Å². The lowest BCUT2D eigenvalue weighted by Gasteiger charge is -2.07. The highest BCUT2D eigenvalue weighted by Gasteiger charge is 2.30. The molecule has 0 aliphatic rings. The van der Waals surface area contributed by atoms with Crippen molar-refractivity contribution >= 4 is 15.9 Å². The number of hydrogen-bond acceptors (Lipinski definition) is 1. The summed E-state index contributed by atoms with van der Waals surface area (Å²) in [4.78, 5) is 12.7. The van der Waals surface area contributed by atoms with Crippen molar-refractivity contribution < 1.29 is 13.2 Å². The number of halogens is 4. The van der Waals surface area contributed by atoms with Crippen molar-refractivity contribution in [1.82, 2.24) is 9.36 Å². The average Bonchev–Trinajstić information content (AvgIpc) is 2.81. The first-order chi connectivity index (χ1) is 11.3. The Labute approximate surface area is 144 Å². The molecule has 0 saturated carbocycles. The minimum atomic E-state index is -4.45. The lowest BCUT2D eigenvalue weighted by Crippen LogP contribution is -2.20. The molecular weight excluding hydrogens is 385 g/mol. The van der Waals surface area contributed by atoms with Gasteiger partial charge >= 0.3 is 6.18 Å². The summed E-state index contributed by atoms with van der Waals surface area (Å²) < 4.78 is 42.4. The molecule has 124 valence electrons. The summed E-state index contributed by atoms with van der Waals surface area (Å²) >= 11 is 3.34. The molecule has 0 spiro atoms. The smallest absolute Gasteiger partial charge is 0.288 e. The van der Waals surface area contributed by atoms with Crippen LogP contribution in [0.15, 0.2) is 64.0 Å². The third kappa shape index (κ3) is 3.03. The molecule has 1 heterocycles. The monoisotopic (exact) mass is 396 g/mol. The molecule has 0 aliphatic heterocycles. The Morgan fingerprint density at radius 2 is 1.75 bits per heavy atom. The van der Waals surface area contributed by atoms with Crippen LogP contribution in [0.1, 0.15) is 5.56 Å². The number of alkyl halides is 3. The largest absolute Gasteiger partial charge is 0.416 e. The molecule has 0 bridgehead atoms. The molecule has 0 fully saturated rings. The van der Waals surface area contributed by atoms with Crippen molar-refractivity contribution in [1.29, 1.82) is 0 Å². The highest BCUT2D eigenvalue weighted by atomic mass is 79.9. The maximum absolute atomic E-state index is 12.9. The third-order valence-electron chi connectivity index (χ3n) is 3.61. The third-order valence-corrected chi connectivity index (χ3v) is 4.10. The Morgan fingerprint density at radius 1 is 1.04 bits per heavy atom. The summed E-state index contributed by atoms with van der Waals surface area (Å²) in [5, 5.41) is 0. The van der Waals surface area contributed by atoms with E-state index < -0.39 is 11.7 Å². The lowest BCUT2D eigenvalue weighted by molar-refractivity contribution is -0.137. The van der Waals surface area contributed by atoms with Gasteiger partial charge < -0.3 is 0 Å². The number of aromatic nitrogens is 2. The molecular formula is C17H12BrF3N2O. The van der Waals surface area contributed by atoms with Gasteiger partial charge in [-0.2, -0.15) is 13.2 Å². The van der Waals surface area contributed by atoms with E-state index in [1.807, 2.05) is 6.07 Å². The van der Waals surface area contributed by atoms with Crippen LogP contribution in [0.5, 0.6) is 0 Å². The first kappa shape index (κ1) is 16.6. The van der Waals surface area contributed by atoms with E-state index in [2.05, 4.69) is 15.9 Å². The van der Waals surface area contributed by atoms with E-state index in [0.29, 0.717) is 5.69 Å². The molecule has 24 heavy (non-hydrogen) atoms. The zero-order valence-corrected chi connectivity index (χ0v) is 14.1. The van der Waals surface area contributed by atoms with Crippen LogP contribution in [0.4, 0.5) is 13.2 Å². The highest BCUT2D eigenvalue weighted by molar-refractivity contribution is 9.10. The molecule has 0 N–H and O–H groups in total. The van der Waals surface area contributed by atoms with Gasteiger partial charge in [0.2, 0.25) is 0 Å². The van der Waals surface area contributed by atoms with Crippen LogP contribution < -0.4 is 5.56 Å². The fourth-order valence-electron chi connectivity index (χ4n) is 2.53. The van der Waals surface area contributed by atoms with Gasteiger partial charge in [-0.05, 0) is 35.9 Å². The Morgan fingerprint density at radius 3 is 2.42 bits per heavy atom. The van der Waals surface area contributed by atoms with E-state index in [4.69, 9.17) is 0 Å². The molecule has 0 saturated heterocycles. The molecule has 3 rings (SSSR count). The summed E-state index contributed by atoms with van der Waals surface area (Å²) in [6, 6.07) is 11.9. The standard InChI is InChI=1S/C17H12BrF3N2O/c1-22-10-15(11-4-2-5-12(8-11)17(19,20)21)16(24)23(22)14-7-3-6-13(18)9-14/h2-10H,1H3. The van der Waals surface area contributed by atoms with E-state index in [1.165, 1.54) is 23.0 Å². The van der Waals surface area contributed by atoms with Gasteiger partial charge in [-0.3, -0.25) is 9.48 Å². The molecule has 0 aliphatic carbocycles. The second kappa shape index (κ2) is 5.98. The van der Waals surface area contributed by atoms with Crippen molar-refractivity contribution in [3.8, 4) is 16.8 Å². The van der Waals surface area contributed by atoms with Gasteiger partial charge in [0.1, 0.15) is 0 Å². The SMILES string of the molecule is Cn1cc(-c2cccc(C(F)(F)F)c2)c(=O)n1-c1cccc(Br)c1. The molecule has 0 radical (unpaired) electrons. The molecule has 0 amide bonds. The van der Waals surface area contributed by atoms with Crippen molar-refractivity contribution in [2.75, 3.05) is 0 Å². The molecule has 1 aromatic heterocycles. The number of benzene rings is 2. The van der Waals surface area contributed by atoms with Gasteiger partial charge in [0, 0.05) is 17.7 Å². The van der Waals surface area contributed by atoms with E-state index >= 15 is 0 Å². The lowest BCUT2D eigenvalue weighted by atomic mass is 10.1. The number of rotatable bonds is 2. The van der Waals surface area contributed by atoms with Crippen LogP contribution in [-0.2, 0) is 13.2 Å². The quantitative estimate of drug-likeness (QED) is 0.620. The van der Waals surface area contributed by atoms with E-state index in [0.717, 1.165) is 16.6 Å². The number of aryl methyl sites for hydroxylation is 1. The van der Waals surface area contributed by atoms with Crippen molar-refractivity contribution in [2.45, 2.75) is 6.18 Å². The van der Waals surface area contributed by atoms with Crippen molar-refractivity contribution in [3.63, 3.8) is 0 Å².